The minimum absolute atomic E-state index is 0.000584. The van der Waals surface area contributed by atoms with Crippen LogP contribution in [0.5, 0.6) is 0 Å². The number of alkyl carbamates (subject to hydrolysis) is 1. The fourth-order valence-electron chi connectivity index (χ4n) is 5.86. The van der Waals surface area contributed by atoms with Gasteiger partial charge in [-0.15, -0.1) is 0 Å². The highest BCUT2D eigenvalue weighted by Gasteiger charge is 2.46. The zero-order valence-electron chi connectivity index (χ0n) is 18.9. The highest BCUT2D eigenvalue weighted by Crippen LogP contribution is 2.44. The van der Waals surface area contributed by atoms with E-state index in [1.54, 1.807) is 11.0 Å². The number of nitrogens with zero attached hydrogens (tertiary/aromatic N) is 1. The van der Waals surface area contributed by atoms with E-state index in [1.807, 2.05) is 24.3 Å². The second-order valence-electron chi connectivity index (χ2n) is 9.31. The molecule has 0 radical (unpaired) electrons. The van der Waals surface area contributed by atoms with E-state index in [-0.39, 0.29) is 42.7 Å². The molecule has 2 aromatic rings. The number of aliphatic carboxylic acids is 1. The highest BCUT2D eigenvalue weighted by atomic mass is 16.5. The second kappa shape index (κ2) is 9.33. The maximum Gasteiger partial charge on any atom is 0.407 e. The van der Waals surface area contributed by atoms with E-state index < -0.39 is 12.1 Å². The maximum absolute atomic E-state index is 12.5. The van der Waals surface area contributed by atoms with Gasteiger partial charge in [-0.1, -0.05) is 54.6 Å². The first-order chi connectivity index (χ1) is 16.5. The van der Waals surface area contributed by atoms with Gasteiger partial charge in [0.15, 0.2) is 0 Å². The number of carbonyl (C=O) groups is 3. The van der Waals surface area contributed by atoms with E-state index in [1.165, 1.54) is 17.2 Å². The number of likely N-dealkylation sites (tertiary alicyclic amines) is 1. The van der Waals surface area contributed by atoms with E-state index in [0.717, 1.165) is 24.0 Å². The molecular formula is C27H28N2O5. The number of piperidine rings is 1. The van der Waals surface area contributed by atoms with Crippen molar-refractivity contribution >= 4 is 18.0 Å². The van der Waals surface area contributed by atoms with Gasteiger partial charge in [-0.2, -0.15) is 0 Å². The Morgan fingerprint density at radius 1 is 0.971 bits per heavy atom. The van der Waals surface area contributed by atoms with Crippen LogP contribution in [0, 0.1) is 17.8 Å². The van der Waals surface area contributed by atoms with Crippen LogP contribution in [0.1, 0.15) is 29.9 Å². The zero-order chi connectivity index (χ0) is 23.7. The van der Waals surface area contributed by atoms with Gasteiger partial charge in [0.25, 0.3) is 0 Å². The molecule has 7 nitrogen and oxygen atoms in total. The number of hydrogen-bond donors (Lipinski definition) is 2. The number of hydrogen-bond acceptors (Lipinski definition) is 4. The second-order valence-corrected chi connectivity index (χ2v) is 9.31. The SMILES string of the molecule is O=C(NC/C=C/C(=O)N1CC2CCC(C1)C2C(=O)O)OCC1c2ccccc2-c2ccccc21. The Labute approximate surface area is 198 Å². The first kappa shape index (κ1) is 22.2. The molecule has 0 aromatic heterocycles. The van der Waals surface area contributed by atoms with Crippen molar-refractivity contribution < 1.29 is 24.2 Å². The standard InChI is InChI=1S/C27H28N2O5/c30-24(29-14-17-11-12-18(15-29)25(17)26(31)32)10-5-13-28-27(33)34-16-23-21-8-3-1-6-19(21)20-7-2-4-9-22(20)23/h1-10,17-18,23,25H,11-16H2,(H,28,33)(H,31,32)/b10-5+. The van der Waals surface area contributed by atoms with Gasteiger partial charge >= 0.3 is 12.1 Å². The molecule has 2 aliphatic carbocycles. The molecule has 2 N–H and O–H groups in total. The smallest absolute Gasteiger partial charge is 0.407 e. The number of benzene rings is 2. The molecule has 2 bridgehead atoms. The summed E-state index contributed by atoms with van der Waals surface area (Å²) in [5, 5.41) is 12.1. The third kappa shape index (κ3) is 4.18. The predicted molar refractivity (Wildman–Crippen MR) is 126 cm³/mol. The Kier molecular flexibility index (Phi) is 6.09. The Bertz CT molecular complexity index is 1080. The van der Waals surface area contributed by atoms with Crippen molar-refractivity contribution in [2.45, 2.75) is 18.8 Å². The van der Waals surface area contributed by atoms with Crippen molar-refractivity contribution in [3.8, 4) is 11.1 Å². The van der Waals surface area contributed by atoms with E-state index in [4.69, 9.17) is 4.74 Å². The largest absolute Gasteiger partial charge is 0.481 e. The van der Waals surface area contributed by atoms with Crippen molar-refractivity contribution in [2.75, 3.05) is 26.2 Å². The molecule has 2 aromatic carbocycles. The predicted octanol–water partition coefficient (Wildman–Crippen LogP) is 3.65. The van der Waals surface area contributed by atoms with Crippen LogP contribution in [-0.2, 0) is 14.3 Å². The number of rotatable bonds is 6. The molecule has 2 amide bonds. The fraction of sp³-hybridized carbons (Fsp3) is 0.370. The fourth-order valence-corrected chi connectivity index (χ4v) is 5.86. The monoisotopic (exact) mass is 460 g/mol. The third-order valence-electron chi connectivity index (χ3n) is 7.40. The Balaban J connectivity index is 1.10. The van der Waals surface area contributed by atoms with Crippen LogP contribution in [-0.4, -0.2) is 54.2 Å². The van der Waals surface area contributed by atoms with Gasteiger partial charge in [0.1, 0.15) is 6.61 Å². The van der Waals surface area contributed by atoms with Gasteiger partial charge in [-0.3, -0.25) is 9.59 Å². The van der Waals surface area contributed by atoms with Crippen LogP contribution in [0.2, 0.25) is 0 Å². The first-order valence-electron chi connectivity index (χ1n) is 11.8. The lowest BCUT2D eigenvalue weighted by molar-refractivity contribution is -0.148. The molecular weight excluding hydrogens is 432 g/mol. The lowest BCUT2D eigenvalue weighted by atomic mass is 9.85. The molecule has 1 saturated carbocycles. The molecule has 1 aliphatic heterocycles. The summed E-state index contributed by atoms with van der Waals surface area (Å²) in [7, 11) is 0. The van der Waals surface area contributed by atoms with Gasteiger partial charge in [-0.05, 0) is 46.9 Å². The summed E-state index contributed by atoms with van der Waals surface area (Å²) in [4.78, 5) is 37.9. The number of carboxylic acids is 1. The van der Waals surface area contributed by atoms with Crippen LogP contribution in [0.4, 0.5) is 4.79 Å². The Morgan fingerprint density at radius 3 is 2.15 bits per heavy atom. The van der Waals surface area contributed by atoms with Crippen molar-refractivity contribution in [1.82, 2.24) is 10.2 Å². The minimum Gasteiger partial charge on any atom is -0.481 e. The highest BCUT2D eigenvalue weighted by molar-refractivity contribution is 5.88. The van der Waals surface area contributed by atoms with Gasteiger partial charge in [0.2, 0.25) is 5.91 Å². The van der Waals surface area contributed by atoms with Crippen LogP contribution in [0.15, 0.2) is 60.7 Å². The summed E-state index contributed by atoms with van der Waals surface area (Å²) in [6.45, 7) is 1.39. The van der Waals surface area contributed by atoms with Crippen molar-refractivity contribution in [2.24, 2.45) is 17.8 Å². The molecule has 5 rings (SSSR count). The molecule has 2 fully saturated rings. The van der Waals surface area contributed by atoms with Gasteiger partial charge in [0, 0.05) is 31.6 Å². The van der Waals surface area contributed by atoms with Crippen LogP contribution < -0.4 is 5.32 Å². The van der Waals surface area contributed by atoms with E-state index >= 15 is 0 Å². The Morgan fingerprint density at radius 2 is 1.56 bits per heavy atom. The molecule has 176 valence electrons. The lowest BCUT2D eigenvalue weighted by Crippen LogP contribution is -2.46. The number of fused-ring (bicyclic) bond motifs is 5. The first-order valence-corrected chi connectivity index (χ1v) is 11.8. The van der Waals surface area contributed by atoms with Gasteiger partial charge in [-0.25, -0.2) is 4.79 Å². The number of nitrogens with one attached hydrogen (secondary N) is 1. The van der Waals surface area contributed by atoms with E-state index in [2.05, 4.69) is 29.6 Å². The average Bonchev–Trinajstić information content (AvgIpc) is 3.31. The quantitative estimate of drug-likeness (QED) is 0.642. The summed E-state index contributed by atoms with van der Waals surface area (Å²) >= 11 is 0. The van der Waals surface area contributed by atoms with E-state index in [0.29, 0.717) is 13.1 Å². The van der Waals surface area contributed by atoms with Gasteiger partial charge in [0.05, 0.1) is 5.92 Å². The van der Waals surface area contributed by atoms with Crippen molar-refractivity contribution in [1.29, 1.82) is 0 Å². The van der Waals surface area contributed by atoms with Gasteiger partial charge < -0.3 is 20.1 Å². The Hall–Kier alpha value is -3.61. The number of amides is 2. The van der Waals surface area contributed by atoms with E-state index in [9.17, 15) is 19.5 Å². The maximum atomic E-state index is 12.5. The topological polar surface area (TPSA) is 95.9 Å². The molecule has 1 saturated heterocycles. The molecule has 1 heterocycles. The summed E-state index contributed by atoms with van der Waals surface area (Å²) in [6, 6.07) is 16.3. The average molecular weight is 461 g/mol. The number of carbonyl (C=O) groups excluding carboxylic acids is 2. The summed E-state index contributed by atoms with van der Waals surface area (Å²) in [5.74, 6) is -1.15. The number of ether oxygens (including phenoxy) is 1. The lowest BCUT2D eigenvalue weighted by Gasteiger charge is -2.35. The van der Waals surface area contributed by atoms with Crippen LogP contribution >= 0.6 is 0 Å². The molecule has 0 spiro atoms. The van der Waals surface area contributed by atoms with Crippen LogP contribution in [0.3, 0.4) is 0 Å². The summed E-state index contributed by atoms with van der Waals surface area (Å²) in [6.07, 6.45) is 4.25. The van der Waals surface area contributed by atoms with Crippen LogP contribution in [0.25, 0.3) is 11.1 Å². The third-order valence-corrected chi connectivity index (χ3v) is 7.40. The molecule has 3 aliphatic rings. The normalized spacial score (nSPS) is 22.9. The molecule has 2 atom stereocenters. The minimum atomic E-state index is -0.748. The van der Waals surface area contributed by atoms with Crippen molar-refractivity contribution in [3.05, 3.63) is 71.8 Å². The molecule has 2 unspecified atom stereocenters. The molecule has 34 heavy (non-hydrogen) atoms. The molecule has 7 heteroatoms. The summed E-state index contributed by atoms with van der Waals surface area (Å²) < 4.78 is 5.50. The van der Waals surface area contributed by atoms with Crippen molar-refractivity contribution in [3.63, 3.8) is 0 Å². The summed E-state index contributed by atoms with van der Waals surface area (Å²) in [5.41, 5.74) is 4.66. The number of carboxylic acid groups (broad SMARTS) is 1. The zero-order valence-corrected chi connectivity index (χ0v) is 18.9.